The molecule has 0 atom stereocenters. The molecule has 4 nitrogen and oxygen atoms in total. The molecule has 126 valence electrons. The number of benzene rings is 2. The molecule has 2 aromatic carbocycles. The summed E-state index contributed by atoms with van der Waals surface area (Å²) >= 11 is 0. The van der Waals surface area contributed by atoms with Crippen LogP contribution < -0.4 is 9.64 Å². The summed E-state index contributed by atoms with van der Waals surface area (Å²) in [6.07, 6.45) is 0. The third-order valence-corrected chi connectivity index (χ3v) is 4.16. The molecule has 0 spiro atoms. The van der Waals surface area contributed by atoms with Crippen molar-refractivity contribution < 1.29 is 18.3 Å². The highest BCUT2D eigenvalue weighted by molar-refractivity contribution is 5.94. The van der Waals surface area contributed by atoms with Crippen molar-refractivity contribution in [1.82, 2.24) is 4.90 Å². The first-order valence-electron chi connectivity index (χ1n) is 7.72. The van der Waals surface area contributed by atoms with Crippen molar-refractivity contribution in [3.63, 3.8) is 0 Å². The molecule has 6 heteroatoms. The smallest absolute Gasteiger partial charge is 0.257 e. The summed E-state index contributed by atoms with van der Waals surface area (Å²) in [7, 11) is 1.62. The number of rotatable bonds is 3. The van der Waals surface area contributed by atoms with Gasteiger partial charge in [-0.1, -0.05) is 0 Å². The van der Waals surface area contributed by atoms with Gasteiger partial charge in [0, 0.05) is 31.9 Å². The van der Waals surface area contributed by atoms with Crippen LogP contribution in [0.1, 0.15) is 10.4 Å². The summed E-state index contributed by atoms with van der Waals surface area (Å²) in [6.45, 7) is 2.19. The van der Waals surface area contributed by atoms with Gasteiger partial charge in [0.1, 0.15) is 17.4 Å². The van der Waals surface area contributed by atoms with E-state index in [1.165, 1.54) is 0 Å². The maximum Gasteiger partial charge on any atom is 0.257 e. The summed E-state index contributed by atoms with van der Waals surface area (Å²) in [5.41, 5.74) is 0.827. The number of carbonyl (C=O) groups excluding carboxylic acids is 1. The summed E-state index contributed by atoms with van der Waals surface area (Å²) in [6, 6.07) is 10.6. The molecule has 0 aromatic heterocycles. The van der Waals surface area contributed by atoms with Crippen LogP contribution in [0.25, 0.3) is 0 Å². The number of carbonyl (C=O) groups is 1. The fourth-order valence-corrected chi connectivity index (χ4v) is 2.79. The molecule has 0 N–H and O–H groups in total. The molecular weight excluding hydrogens is 314 g/mol. The average molecular weight is 332 g/mol. The normalized spacial score (nSPS) is 14.6. The molecule has 0 unspecified atom stereocenters. The highest BCUT2D eigenvalue weighted by Crippen LogP contribution is 2.21. The van der Waals surface area contributed by atoms with E-state index in [-0.39, 0.29) is 5.56 Å². The Morgan fingerprint density at radius 1 is 1.00 bits per heavy atom. The van der Waals surface area contributed by atoms with Crippen molar-refractivity contribution >= 4 is 11.6 Å². The minimum Gasteiger partial charge on any atom is -0.497 e. The number of piperazine rings is 1. The fraction of sp³-hybridized carbons (Fsp3) is 0.278. The topological polar surface area (TPSA) is 32.8 Å². The molecule has 0 radical (unpaired) electrons. The Morgan fingerprint density at radius 2 is 1.67 bits per heavy atom. The third-order valence-electron chi connectivity index (χ3n) is 4.16. The Hall–Kier alpha value is -2.63. The molecule has 1 aliphatic heterocycles. The van der Waals surface area contributed by atoms with Gasteiger partial charge in [-0.15, -0.1) is 0 Å². The molecule has 2 aromatic rings. The summed E-state index contributed by atoms with van der Waals surface area (Å²) in [5, 5.41) is 0. The summed E-state index contributed by atoms with van der Waals surface area (Å²) in [5.74, 6) is -0.994. The first-order chi connectivity index (χ1) is 11.6. The second kappa shape index (κ2) is 6.86. The van der Waals surface area contributed by atoms with Crippen molar-refractivity contribution in [2.24, 2.45) is 0 Å². The van der Waals surface area contributed by atoms with Gasteiger partial charge in [0.05, 0.1) is 12.7 Å². The Labute approximate surface area is 139 Å². The van der Waals surface area contributed by atoms with Gasteiger partial charge < -0.3 is 14.5 Å². The SMILES string of the molecule is COc1ccc(N2CCN(C(=O)c3cc(F)ccc3F)CC2)cc1. The maximum absolute atomic E-state index is 13.8. The first-order valence-corrected chi connectivity index (χ1v) is 7.72. The molecule has 1 aliphatic rings. The molecule has 0 bridgehead atoms. The molecule has 0 saturated carbocycles. The van der Waals surface area contributed by atoms with E-state index < -0.39 is 17.5 Å². The van der Waals surface area contributed by atoms with Crippen molar-refractivity contribution in [3.8, 4) is 5.75 Å². The lowest BCUT2D eigenvalue weighted by atomic mass is 10.1. The number of anilines is 1. The number of methoxy groups -OCH3 is 1. The Balaban J connectivity index is 1.65. The standard InChI is InChI=1S/C18H18F2N2O2/c1-24-15-5-3-14(4-6-15)21-8-10-22(11-9-21)18(23)16-12-13(19)2-7-17(16)20/h2-7,12H,8-11H2,1H3. The van der Waals surface area contributed by atoms with Crippen LogP contribution in [0.15, 0.2) is 42.5 Å². The van der Waals surface area contributed by atoms with Gasteiger partial charge in [-0.2, -0.15) is 0 Å². The molecular formula is C18H18F2N2O2. The lowest BCUT2D eigenvalue weighted by Crippen LogP contribution is -2.49. The van der Waals surface area contributed by atoms with Gasteiger partial charge in [-0.25, -0.2) is 8.78 Å². The van der Waals surface area contributed by atoms with Crippen LogP contribution in [0.4, 0.5) is 14.5 Å². The fourth-order valence-electron chi connectivity index (χ4n) is 2.79. The molecule has 0 aliphatic carbocycles. The van der Waals surface area contributed by atoms with E-state index in [0.29, 0.717) is 26.2 Å². The summed E-state index contributed by atoms with van der Waals surface area (Å²) < 4.78 is 32.2. The second-order valence-electron chi connectivity index (χ2n) is 5.60. The van der Waals surface area contributed by atoms with Gasteiger partial charge in [-0.3, -0.25) is 4.79 Å². The van der Waals surface area contributed by atoms with Gasteiger partial charge in [0.25, 0.3) is 5.91 Å². The number of nitrogens with zero attached hydrogens (tertiary/aromatic N) is 2. The molecule has 1 fully saturated rings. The van der Waals surface area contributed by atoms with Crippen molar-refractivity contribution in [2.45, 2.75) is 0 Å². The lowest BCUT2D eigenvalue weighted by molar-refractivity contribution is 0.0741. The summed E-state index contributed by atoms with van der Waals surface area (Å²) in [4.78, 5) is 16.1. The van der Waals surface area contributed by atoms with Gasteiger partial charge in [0.15, 0.2) is 0 Å². The molecule has 24 heavy (non-hydrogen) atoms. The predicted molar refractivity (Wildman–Crippen MR) is 87.5 cm³/mol. The monoisotopic (exact) mass is 332 g/mol. The van der Waals surface area contributed by atoms with Crippen molar-refractivity contribution in [2.75, 3.05) is 38.2 Å². The van der Waals surface area contributed by atoms with Gasteiger partial charge >= 0.3 is 0 Å². The van der Waals surface area contributed by atoms with E-state index in [9.17, 15) is 13.6 Å². The van der Waals surface area contributed by atoms with Crippen LogP contribution in [0.3, 0.4) is 0 Å². The Morgan fingerprint density at radius 3 is 2.29 bits per heavy atom. The van der Waals surface area contributed by atoms with Crippen molar-refractivity contribution in [1.29, 1.82) is 0 Å². The molecule has 1 amide bonds. The van der Waals surface area contributed by atoms with E-state index in [4.69, 9.17) is 4.74 Å². The van der Waals surface area contributed by atoms with Crippen LogP contribution in [0, 0.1) is 11.6 Å². The number of hydrogen-bond acceptors (Lipinski definition) is 3. The lowest BCUT2D eigenvalue weighted by Gasteiger charge is -2.36. The quantitative estimate of drug-likeness (QED) is 0.866. The number of hydrogen-bond donors (Lipinski definition) is 0. The Bertz CT molecular complexity index is 726. The van der Waals surface area contributed by atoms with Crippen LogP contribution in [-0.4, -0.2) is 44.1 Å². The van der Waals surface area contributed by atoms with Gasteiger partial charge in [-0.05, 0) is 42.5 Å². The van der Waals surface area contributed by atoms with E-state index in [1.807, 2.05) is 24.3 Å². The minimum atomic E-state index is -0.695. The molecule has 3 rings (SSSR count). The van der Waals surface area contributed by atoms with Crippen LogP contribution in [0.5, 0.6) is 5.75 Å². The zero-order valence-corrected chi connectivity index (χ0v) is 13.3. The maximum atomic E-state index is 13.8. The van der Waals surface area contributed by atoms with Gasteiger partial charge in [0.2, 0.25) is 0 Å². The highest BCUT2D eigenvalue weighted by atomic mass is 19.1. The van der Waals surface area contributed by atoms with E-state index in [0.717, 1.165) is 29.6 Å². The number of ether oxygens (including phenoxy) is 1. The van der Waals surface area contributed by atoms with E-state index in [2.05, 4.69) is 4.90 Å². The number of halogens is 2. The zero-order chi connectivity index (χ0) is 17.1. The van der Waals surface area contributed by atoms with E-state index in [1.54, 1.807) is 12.0 Å². The minimum absolute atomic E-state index is 0.215. The largest absolute Gasteiger partial charge is 0.497 e. The van der Waals surface area contributed by atoms with E-state index >= 15 is 0 Å². The first kappa shape index (κ1) is 16.2. The van der Waals surface area contributed by atoms with Crippen molar-refractivity contribution in [3.05, 3.63) is 59.7 Å². The highest BCUT2D eigenvalue weighted by Gasteiger charge is 2.24. The second-order valence-corrected chi connectivity index (χ2v) is 5.60. The molecule has 1 saturated heterocycles. The predicted octanol–water partition coefficient (Wildman–Crippen LogP) is 2.94. The van der Waals surface area contributed by atoms with Crippen LogP contribution in [-0.2, 0) is 0 Å². The zero-order valence-electron chi connectivity index (χ0n) is 13.3. The van der Waals surface area contributed by atoms with Crippen LogP contribution >= 0.6 is 0 Å². The average Bonchev–Trinajstić information content (AvgIpc) is 2.63. The third kappa shape index (κ3) is 3.32. The number of amides is 1. The van der Waals surface area contributed by atoms with Crippen LogP contribution in [0.2, 0.25) is 0 Å². The Kier molecular flexibility index (Phi) is 4.64. The molecule has 1 heterocycles.